The third kappa shape index (κ3) is 5.07. The van der Waals surface area contributed by atoms with Gasteiger partial charge in [-0.3, -0.25) is 9.69 Å². The number of hydrogen-bond acceptors (Lipinski definition) is 4. The van der Waals surface area contributed by atoms with Crippen LogP contribution in [0, 0.1) is 23.4 Å². The number of benzene rings is 2. The van der Waals surface area contributed by atoms with Crippen molar-refractivity contribution in [3.63, 3.8) is 0 Å². The third-order valence-electron chi connectivity index (χ3n) is 6.27. The van der Waals surface area contributed by atoms with Crippen molar-refractivity contribution in [3.8, 4) is 0 Å². The van der Waals surface area contributed by atoms with Crippen molar-refractivity contribution < 1.29 is 26.4 Å². The minimum absolute atomic E-state index is 0.0104. The lowest BCUT2D eigenvalue weighted by molar-refractivity contribution is -0.138. The SMILES string of the molecule is O=C(C1CCCN(Cc2ccccc2)C1)N1CCN(S(=O)(=O)c2ccc(F)c(F)c2F)CC1. The summed E-state index contributed by atoms with van der Waals surface area (Å²) in [6.45, 7) is 2.60. The van der Waals surface area contributed by atoms with Crippen molar-refractivity contribution in [2.24, 2.45) is 5.92 Å². The highest BCUT2D eigenvalue weighted by molar-refractivity contribution is 7.89. The summed E-state index contributed by atoms with van der Waals surface area (Å²) in [4.78, 5) is 16.1. The Morgan fingerprint density at radius 2 is 1.61 bits per heavy atom. The van der Waals surface area contributed by atoms with Gasteiger partial charge in [0.05, 0.1) is 5.92 Å². The number of amides is 1. The summed E-state index contributed by atoms with van der Waals surface area (Å²) < 4.78 is 67.3. The third-order valence-corrected chi connectivity index (χ3v) is 8.19. The summed E-state index contributed by atoms with van der Waals surface area (Å²) in [5.41, 5.74) is 1.19. The first-order valence-electron chi connectivity index (χ1n) is 11.0. The highest BCUT2D eigenvalue weighted by atomic mass is 32.2. The molecule has 10 heteroatoms. The van der Waals surface area contributed by atoms with Crippen LogP contribution in [-0.2, 0) is 21.4 Å². The first-order valence-corrected chi connectivity index (χ1v) is 12.4. The van der Waals surface area contributed by atoms with Gasteiger partial charge >= 0.3 is 0 Å². The van der Waals surface area contributed by atoms with Gasteiger partial charge in [-0.15, -0.1) is 0 Å². The van der Waals surface area contributed by atoms with Crippen LogP contribution in [0.1, 0.15) is 18.4 Å². The van der Waals surface area contributed by atoms with Crippen LogP contribution < -0.4 is 0 Å². The molecule has 2 fully saturated rings. The van der Waals surface area contributed by atoms with Crippen molar-refractivity contribution in [1.82, 2.24) is 14.1 Å². The summed E-state index contributed by atoms with van der Waals surface area (Å²) in [6, 6.07) is 11.4. The van der Waals surface area contributed by atoms with Crippen molar-refractivity contribution in [2.75, 3.05) is 39.3 Å². The summed E-state index contributed by atoms with van der Waals surface area (Å²) in [5, 5.41) is 0. The molecule has 2 aliphatic rings. The Hall–Kier alpha value is -2.43. The average molecular weight is 482 g/mol. The summed E-state index contributed by atoms with van der Waals surface area (Å²) in [7, 11) is -4.34. The molecule has 0 aliphatic carbocycles. The summed E-state index contributed by atoms with van der Waals surface area (Å²) in [5.74, 6) is -5.16. The van der Waals surface area contributed by atoms with Gasteiger partial charge in [-0.25, -0.2) is 21.6 Å². The number of nitrogens with zero attached hydrogens (tertiary/aromatic N) is 3. The smallest absolute Gasteiger partial charge is 0.246 e. The van der Waals surface area contributed by atoms with Crippen LogP contribution in [0.5, 0.6) is 0 Å². The second kappa shape index (κ2) is 9.82. The van der Waals surface area contributed by atoms with Gasteiger partial charge in [0.25, 0.3) is 0 Å². The molecule has 1 amide bonds. The Kier molecular flexibility index (Phi) is 7.06. The zero-order valence-electron chi connectivity index (χ0n) is 18.1. The number of sulfonamides is 1. The van der Waals surface area contributed by atoms with E-state index in [2.05, 4.69) is 17.0 Å². The van der Waals surface area contributed by atoms with Crippen LogP contribution in [0.4, 0.5) is 13.2 Å². The van der Waals surface area contributed by atoms with E-state index in [4.69, 9.17) is 0 Å². The number of rotatable bonds is 5. The van der Waals surface area contributed by atoms with Crippen LogP contribution in [-0.4, -0.2) is 67.7 Å². The van der Waals surface area contributed by atoms with E-state index < -0.39 is 32.4 Å². The molecule has 2 aliphatic heterocycles. The normalized spacial score (nSPS) is 20.7. The Bertz CT molecular complexity index is 1110. The first kappa shape index (κ1) is 23.7. The molecule has 33 heavy (non-hydrogen) atoms. The topological polar surface area (TPSA) is 60.9 Å². The van der Waals surface area contributed by atoms with Gasteiger partial charge in [0, 0.05) is 39.3 Å². The first-order chi connectivity index (χ1) is 15.8. The van der Waals surface area contributed by atoms with Gasteiger partial charge in [0.15, 0.2) is 17.5 Å². The number of halogens is 3. The second-order valence-electron chi connectivity index (χ2n) is 8.46. The van der Waals surface area contributed by atoms with E-state index in [9.17, 15) is 26.4 Å². The number of carbonyl (C=O) groups excluding carboxylic acids is 1. The minimum Gasteiger partial charge on any atom is -0.340 e. The van der Waals surface area contributed by atoms with Gasteiger partial charge in [0.2, 0.25) is 15.9 Å². The van der Waals surface area contributed by atoms with Gasteiger partial charge < -0.3 is 4.90 Å². The largest absolute Gasteiger partial charge is 0.340 e. The van der Waals surface area contributed by atoms with E-state index in [1.165, 1.54) is 5.56 Å². The van der Waals surface area contributed by atoms with Crippen molar-refractivity contribution >= 4 is 15.9 Å². The zero-order chi connectivity index (χ0) is 23.6. The molecule has 0 spiro atoms. The Balaban J connectivity index is 1.36. The molecular weight excluding hydrogens is 455 g/mol. The molecule has 2 heterocycles. The Morgan fingerprint density at radius 3 is 2.30 bits per heavy atom. The van der Waals surface area contributed by atoms with E-state index in [-0.39, 0.29) is 38.0 Å². The fourth-order valence-electron chi connectivity index (χ4n) is 4.50. The Morgan fingerprint density at radius 1 is 0.909 bits per heavy atom. The predicted octanol–water partition coefficient (Wildman–Crippen LogP) is 2.85. The Labute approximate surface area is 191 Å². The van der Waals surface area contributed by atoms with Crippen molar-refractivity contribution in [3.05, 3.63) is 65.5 Å². The molecule has 4 rings (SSSR count). The van der Waals surface area contributed by atoms with Crippen LogP contribution >= 0.6 is 0 Å². The van der Waals surface area contributed by atoms with E-state index >= 15 is 0 Å². The van der Waals surface area contributed by atoms with Crippen molar-refractivity contribution in [2.45, 2.75) is 24.3 Å². The molecule has 0 N–H and O–H groups in total. The van der Waals surface area contributed by atoms with Crippen molar-refractivity contribution in [1.29, 1.82) is 0 Å². The lowest BCUT2D eigenvalue weighted by Gasteiger charge is -2.38. The van der Waals surface area contributed by atoms with Crippen LogP contribution in [0.2, 0.25) is 0 Å². The molecule has 2 aromatic rings. The monoisotopic (exact) mass is 481 g/mol. The van der Waals surface area contributed by atoms with Crippen LogP contribution in [0.15, 0.2) is 47.4 Å². The van der Waals surface area contributed by atoms with Crippen LogP contribution in [0.3, 0.4) is 0 Å². The molecule has 0 radical (unpaired) electrons. The number of carbonyl (C=O) groups is 1. The molecule has 0 bridgehead atoms. The van der Waals surface area contributed by atoms with E-state index in [0.717, 1.165) is 36.3 Å². The molecule has 6 nitrogen and oxygen atoms in total. The molecular formula is C23H26F3N3O3S. The fourth-order valence-corrected chi connectivity index (χ4v) is 5.97. The molecule has 2 saturated heterocycles. The van der Waals surface area contributed by atoms with E-state index in [1.807, 2.05) is 18.2 Å². The molecule has 0 aromatic heterocycles. The fraction of sp³-hybridized carbons (Fsp3) is 0.435. The van der Waals surface area contributed by atoms with Gasteiger partial charge in [-0.05, 0) is 37.1 Å². The lowest BCUT2D eigenvalue weighted by atomic mass is 9.95. The second-order valence-corrected chi connectivity index (χ2v) is 10.4. The summed E-state index contributed by atoms with van der Waals surface area (Å²) in [6.07, 6.45) is 1.69. The molecule has 1 unspecified atom stereocenters. The van der Waals surface area contributed by atoms with Gasteiger partial charge in [-0.1, -0.05) is 30.3 Å². The maximum absolute atomic E-state index is 14.1. The average Bonchev–Trinajstić information content (AvgIpc) is 2.83. The lowest BCUT2D eigenvalue weighted by Crippen LogP contribution is -2.53. The number of piperazine rings is 1. The molecule has 178 valence electrons. The number of piperidine rings is 1. The maximum Gasteiger partial charge on any atom is 0.246 e. The molecule has 0 saturated carbocycles. The van der Waals surface area contributed by atoms with E-state index in [0.29, 0.717) is 12.6 Å². The van der Waals surface area contributed by atoms with Crippen LogP contribution in [0.25, 0.3) is 0 Å². The molecule has 1 atom stereocenters. The predicted molar refractivity (Wildman–Crippen MR) is 116 cm³/mol. The van der Waals surface area contributed by atoms with Gasteiger partial charge in [0.1, 0.15) is 4.90 Å². The number of likely N-dealkylation sites (tertiary alicyclic amines) is 1. The highest BCUT2D eigenvalue weighted by Gasteiger charge is 2.36. The molecule has 2 aromatic carbocycles. The minimum atomic E-state index is -4.34. The standard InChI is InChI=1S/C23H26F3N3O3S/c24-19-8-9-20(22(26)21(19)25)33(31,32)29-13-11-28(12-14-29)23(30)18-7-4-10-27(16-18)15-17-5-2-1-3-6-17/h1-3,5-6,8-9,18H,4,7,10-16H2. The maximum atomic E-state index is 14.1. The summed E-state index contributed by atoms with van der Waals surface area (Å²) >= 11 is 0. The highest BCUT2D eigenvalue weighted by Crippen LogP contribution is 2.25. The number of hydrogen-bond donors (Lipinski definition) is 0. The van der Waals surface area contributed by atoms with Gasteiger partial charge in [-0.2, -0.15) is 4.31 Å². The quantitative estimate of drug-likeness (QED) is 0.617. The zero-order valence-corrected chi connectivity index (χ0v) is 18.9. The van der Waals surface area contributed by atoms with E-state index in [1.54, 1.807) is 4.90 Å².